The summed E-state index contributed by atoms with van der Waals surface area (Å²) in [7, 11) is -2.06. The smallest absolute Gasteiger partial charge is 0.285 e. The summed E-state index contributed by atoms with van der Waals surface area (Å²) in [6.45, 7) is 8.16. The second-order valence-corrected chi connectivity index (χ2v) is 13.6. The molecule has 3 aromatic rings. The van der Waals surface area contributed by atoms with Crippen LogP contribution in [0.3, 0.4) is 0 Å². The monoisotopic (exact) mass is 625 g/mol. The van der Waals surface area contributed by atoms with Crippen molar-refractivity contribution in [1.82, 2.24) is 19.3 Å². The van der Waals surface area contributed by atoms with Gasteiger partial charge >= 0.3 is 0 Å². The number of rotatable bonds is 7. The highest BCUT2D eigenvalue weighted by Crippen LogP contribution is 2.32. The summed E-state index contributed by atoms with van der Waals surface area (Å²) in [5.74, 6) is 0.465. The van der Waals surface area contributed by atoms with Crippen molar-refractivity contribution in [3.63, 3.8) is 0 Å². The van der Waals surface area contributed by atoms with E-state index in [-0.39, 0.29) is 22.1 Å². The average molecular weight is 626 g/mol. The van der Waals surface area contributed by atoms with Crippen LogP contribution in [0.2, 0.25) is 5.15 Å². The lowest BCUT2D eigenvalue weighted by molar-refractivity contribution is 0.0977. The molecule has 0 radical (unpaired) electrons. The number of benzene rings is 1. The summed E-state index contributed by atoms with van der Waals surface area (Å²) in [5, 5.41) is 3.80. The third-order valence-corrected chi connectivity index (χ3v) is 8.77. The van der Waals surface area contributed by atoms with Crippen molar-refractivity contribution in [1.29, 1.82) is 0 Å². The lowest BCUT2D eigenvalue weighted by atomic mass is 9.84. The fourth-order valence-corrected chi connectivity index (χ4v) is 6.46. The molecule has 1 saturated heterocycles. The number of amides is 1. The van der Waals surface area contributed by atoms with Gasteiger partial charge in [0.25, 0.3) is 11.5 Å². The summed E-state index contributed by atoms with van der Waals surface area (Å²) in [5.41, 5.74) is 3.23. The van der Waals surface area contributed by atoms with Gasteiger partial charge in [0, 0.05) is 43.9 Å². The number of aromatic nitrogens is 3. The highest BCUT2D eigenvalue weighted by Gasteiger charge is 2.29. The molecule has 13 heteroatoms. The van der Waals surface area contributed by atoms with E-state index < -0.39 is 22.0 Å². The van der Waals surface area contributed by atoms with Crippen LogP contribution in [-0.4, -0.2) is 60.5 Å². The molecule has 2 aliphatic heterocycles. The van der Waals surface area contributed by atoms with Gasteiger partial charge in [-0.1, -0.05) is 23.7 Å². The first-order valence-electron chi connectivity index (χ1n) is 14.2. The molecule has 43 heavy (non-hydrogen) atoms. The van der Waals surface area contributed by atoms with Crippen LogP contribution in [0.4, 0.5) is 11.6 Å². The van der Waals surface area contributed by atoms with Crippen LogP contribution in [0.15, 0.2) is 46.2 Å². The molecule has 11 nitrogen and oxygen atoms in total. The van der Waals surface area contributed by atoms with Gasteiger partial charge < -0.3 is 10.2 Å². The molecule has 1 unspecified atom stereocenters. The molecule has 2 N–H and O–H groups in total. The van der Waals surface area contributed by atoms with Crippen molar-refractivity contribution in [2.75, 3.05) is 36.1 Å². The van der Waals surface area contributed by atoms with Gasteiger partial charge in [-0.05, 0) is 69.4 Å². The number of dihydropyridines is 1. The Balaban J connectivity index is 1.51. The number of hydrogen-bond acceptors (Lipinski definition) is 9. The van der Waals surface area contributed by atoms with Crippen molar-refractivity contribution in [3.8, 4) is 0 Å². The van der Waals surface area contributed by atoms with Crippen molar-refractivity contribution < 1.29 is 13.2 Å². The van der Waals surface area contributed by atoms with E-state index in [0.717, 1.165) is 55.6 Å². The van der Waals surface area contributed by atoms with E-state index in [9.17, 15) is 18.0 Å². The summed E-state index contributed by atoms with van der Waals surface area (Å²) in [6, 6.07) is 6.44. The van der Waals surface area contributed by atoms with Crippen LogP contribution >= 0.6 is 11.6 Å². The van der Waals surface area contributed by atoms with Gasteiger partial charge in [-0.2, -0.15) is 0 Å². The SMILES string of the molecule is CC1=NCC([C@H]2CCCN(c3nc4c([C@@H](C)Nc5ccc(Cl)nc5C(=O)NS(C)(=O)=O)cc(C)cc4c(=O)n3C)C2)C=C1. The first kappa shape index (κ1) is 30.7. The lowest BCUT2D eigenvalue weighted by Gasteiger charge is -2.37. The molecule has 5 rings (SSSR count). The van der Waals surface area contributed by atoms with Gasteiger partial charge in [-0.15, -0.1) is 0 Å². The first-order chi connectivity index (χ1) is 20.3. The van der Waals surface area contributed by atoms with E-state index in [4.69, 9.17) is 16.6 Å². The van der Waals surface area contributed by atoms with Crippen LogP contribution < -0.4 is 20.5 Å². The Morgan fingerprint density at radius 2 is 1.95 bits per heavy atom. The maximum Gasteiger partial charge on any atom is 0.285 e. The number of carbonyl (C=O) groups is 1. The minimum Gasteiger partial charge on any atom is -0.377 e. The molecule has 0 bridgehead atoms. The van der Waals surface area contributed by atoms with Crippen molar-refractivity contribution >= 4 is 55.8 Å². The van der Waals surface area contributed by atoms with E-state index in [1.807, 2.05) is 37.6 Å². The Labute approximate surface area is 256 Å². The lowest BCUT2D eigenvalue weighted by Crippen LogP contribution is -2.42. The van der Waals surface area contributed by atoms with Gasteiger partial charge in [0.05, 0.1) is 28.9 Å². The van der Waals surface area contributed by atoms with Crippen LogP contribution in [0, 0.1) is 18.8 Å². The van der Waals surface area contributed by atoms with Gasteiger partial charge in [-0.3, -0.25) is 19.1 Å². The predicted octanol–water partition coefficient (Wildman–Crippen LogP) is 4.02. The van der Waals surface area contributed by atoms with Gasteiger partial charge in [-0.25, -0.2) is 23.1 Å². The number of pyridine rings is 1. The number of halogens is 1. The Morgan fingerprint density at radius 3 is 2.65 bits per heavy atom. The Morgan fingerprint density at radius 1 is 1.19 bits per heavy atom. The number of nitrogens with one attached hydrogen (secondary N) is 2. The number of anilines is 2. The van der Waals surface area contributed by atoms with Crippen LogP contribution in [-0.2, 0) is 17.1 Å². The van der Waals surface area contributed by atoms with E-state index in [1.165, 1.54) is 6.07 Å². The molecule has 4 heterocycles. The van der Waals surface area contributed by atoms with E-state index in [2.05, 4.69) is 32.3 Å². The van der Waals surface area contributed by atoms with Crippen molar-refractivity contribution in [3.05, 3.63) is 68.7 Å². The molecule has 3 atom stereocenters. The van der Waals surface area contributed by atoms with Crippen molar-refractivity contribution in [2.45, 2.75) is 39.7 Å². The van der Waals surface area contributed by atoms with Crippen molar-refractivity contribution in [2.24, 2.45) is 23.9 Å². The Bertz CT molecular complexity index is 1820. The largest absolute Gasteiger partial charge is 0.377 e. The maximum absolute atomic E-state index is 13.7. The number of carbonyl (C=O) groups excluding carboxylic acids is 1. The fourth-order valence-electron chi connectivity index (χ4n) is 5.88. The number of fused-ring (bicyclic) bond motifs is 1. The molecule has 1 aromatic carbocycles. The fraction of sp³-hybridized carbons (Fsp3) is 0.433. The molecule has 2 aromatic heterocycles. The highest BCUT2D eigenvalue weighted by molar-refractivity contribution is 7.89. The molecule has 228 valence electrons. The minimum absolute atomic E-state index is 0.0400. The maximum atomic E-state index is 13.7. The summed E-state index contributed by atoms with van der Waals surface area (Å²) in [6.07, 6.45) is 7.32. The second kappa shape index (κ2) is 12.1. The first-order valence-corrected chi connectivity index (χ1v) is 16.5. The molecule has 0 spiro atoms. The third kappa shape index (κ3) is 6.75. The molecule has 0 aliphatic carbocycles. The molecular formula is C30H36ClN7O4S. The van der Waals surface area contributed by atoms with Gasteiger partial charge in [0.2, 0.25) is 16.0 Å². The average Bonchev–Trinajstić information content (AvgIpc) is 2.95. The van der Waals surface area contributed by atoms with Gasteiger partial charge in [0.15, 0.2) is 5.69 Å². The Hall–Kier alpha value is -3.77. The topological polar surface area (TPSA) is 139 Å². The van der Waals surface area contributed by atoms with E-state index in [0.29, 0.717) is 28.7 Å². The quantitative estimate of drug-likeness (QED) is 0.376. The highest BCUT2D eigenvalue weighted by atomic mass is 35.5. The summed E-state index contributed by atoms with van der Waals surface area (Å²) >= 11 is 6.04. The number of hydrogen-bond donors (Lipinski definition) is 2. The number of aliphatic imine (C=N–C) groups is 1. The van der Waals surface area contributed by atoms with Gasteiger partial charge in [0.1, 0.15) is 5.15 Å². The zero-order valence-corrected chi connectivity index (χ0v) is 26.5. The second-order valence-electron chi connectivity index (χ2n) is 11.5. The third-order valence-electron chi connectivity index (χ3n) is 8.01. The molecule has 0 saturated carbocycles. The number of allylic oxidation sites excluding steroid dienone is 1. The summed E-state index contributed by atoms with van der Waals surface area (Å²) in [4.78, 5) is 42.5. The van der Waals surface area contributed by atoms with E-state index in [1.54, 1.807) is 17.7 Å². The zero-order valence-electron chi connectivity index (χ0n) is 24.9. The zero-order chi connectivity index (χ0) is 31.1. The molecular weight excluding hydrogens is 590 g/mol. The predicted molar refractivity (Wildman–Crippen MR) is 171 cm³/mol. The molecule has 1 amide bonds. The Kier molecular flexibility index (Phi) is 8.62. The normalized spacial score (nSPS) is 19.7. The number of nitrogens with zero attached hydrogens (tertiary/aromatic N) is 5. The molecule has 2 aliphatic rings. The van der Waals surface area contributed by atoms with E-state index >= 15 is 0 Å². The standard InChI is InChI=1S/C30H36ClN7O4S/c1-17-13-22(19(3)33-24-10-11-25(31)34-27(24)28(39)36-43(5,41)42)26-23(14-17)29(40)37(4)30(35-26)38-12-6-7-21(16-38)20-9-8-18(2)32-15-20/h8-11,13-14,19-21,33H,6-7,12,15-16H2,1-5H3,(H,36,39)/t19-,20?,21+/m1/s1. The van der Waals surface area contributed by atoms with Crippen LogP contribution in [0.1, 0.15) is 54.3 Å². The van der Waals surface area contributed by atoms with Crippen LogP contribution in [0.5, 0.6) is 0 Å². The summed E-state index contributed by atoms with van der Waals surface area (Å²) < 4.78 is 27.0. The molecule has 1 fully saturated rings. The number of sulfonamides is 1. The van der Waals surface area contributed by atoms with Crippen LogP contribution in [0.25, 0.3) is 10.9 Å². The number of piperidine rings is 1. The number of aryl methyl sites for hydroxylation is 1. The minimum atomic E-state index is -3.83.